The third kappa shape index (κ3) is 3.49. The predicted octanol–water partition coefficient (Wildman–Crippen LogP) is 3.55. The highest BCUT2D eigenvalue weighted by Gasteiger charge is 2.33. The van der Waals surface area contributed by atoms with Gasteiger partial charge in [-0.15, -0.1) is 0 Å². The number of urea groups is 1. The van der Waals surface area contributed by atoms with Gasteiger partial charge in [0.05, 0.1) is 13.7 Å². The van der Waals surface area contributed by atoms with Gasteiger partial charge in [0.25, 0.3) is 5.91 Å². The van der Waals surface area contributed by atoms with Gasteiger partial charge in [0.2, 0.25) is 0 Å². The van der Waals surface area contributed by atoms with Crippen LogP contribution in [-0.2, 0) is 11.3 Å². The van der Waals surface area contributed by atoms with E-state index in [0.29, 0.717) is 0 Å². The van der Waals surface area contributed by atoms with Crippen LogP contribution < -0.4 is 10.1 Å². The second-order valence-corrected chi connectivity index (χ2v) is 6.19. The molecule has 3 rings (SSSR count). The molecule has 0 aromatic heterocycles. The lowest BCUT2D eigenvalue weighted by Gasteiger charge is -2.11. The molecule has 0 spiro atoms. The standard InChI is InChI=1S/C18H15BrN2O3/c1-24-15-8-4-12(5-9-15)10-16-17(22)21(18(23)20-16)11-13-2-6-14(19)7-3-13/h2-10H,11H2,1H3,(H,20,23)/b16-10+. The highest BCUT2D eigenvalue weighted by molar-refractivity contribution is 9.10. The summed E-state index contributed by atoms with van der Waals surface area (Å²) in [7, 11) is 1.59. The molecule has 2 aromatic carbocycles. The van der Waals surface area contributed by atoms with Gasteiger partial charge in [-0.25, -0.2) is 4.79 Å². The van der Waals surface area contributed by atoms with Gasteiger partial charge in [-0.1, -0.05) is 40.2 Å². The highest BCUT2D eigenvalue weighted by atomic mass is 79.9. The fourth-order valence-corrected chi connectivity index (χ4v) is 2.62. The zero-order valence-electron chi connectivity index (χ0n) is 13.0. The minimum absolute atomic E-state index is 0.234. The number of amides is 3. The van der Waals surface area contributed by atoms with Crippen LogP contribution in [0.4, 0.5) is 4.79 Å². The number of nitrogens with one attached hydrogen (secondary N) is 1. The van der Waals surface area contributed by atoms with Crippen molar-refractivity contribution in [2.24, 2.45) is 0 Å². The molecule has 0 bridgehead atoms. The molecule has 1 N–H and O–H groups in total. The van der Waals surface area contributed by atoms with Gasteiger partial charge in [0.1, 0.15) is 11.4 Å². The van der Waals surface area contributed by atoms with Gasteiger partial charge in [-0.05, 0) is 41.5 Å². The van der Waals surface area contributed by atoms with E-state index in [1.165, 1.54) is 4.90 Å². The number of nitrogens with zero attached hydrogens (tertiary/aromatic N) is 1. The molecule has 1 fully saturated rings. The van der Waals surface area contributed by atoms with Crippen molar-refractivity contribution in [2.45, 2.75) is 6.54 Å². The molecule has 1 heterocycles. The maximum absolute atomic E-state index is 12.5. The Morgan fingerprint density at radius 2 is 1.75 bits per heavy atom. The van der Waals surface area contributed by atoms with Crippen LogP contribution in [-0.4, -0.2) is 23.9 Å². The number of hydrogen-bond acceptors (Lipinski definition) is 3. The zero-order chi connectivity index (χ0) is 17.1. The van der Waals surface area contributed by atoms with Gasteiger partial charge in [-0.3, -0.25) is 9.69 Å². The van der Waals surface area contributed by atoms with Crippen molar-refractivity contribution in [3.05, 3.63) is 69.8 Å². The normalized spacial score (nSPS) is 15.8. The topological polar surface area (TPSA) is 58.6 Å². The summed E-state index contributed by atoms with van der Waals surface area (Å²) in [4.78, 5) is 25.7. The molecular weight excluding hydrogens is 372 g/mol. The Kier molecular flexibility index (Phi) is 4.66. The van der Waals surface area contributed by atoms with E-state index in [0.717, 1.165) is 21.3 Å². The van der Waals surface area contributed by atoms with Crippen LogP contribution in [0.15, 0.2) is 58.7 Å². The smallest absolute Gasteiger partial charge is 0.329 e. The first-order valence-electron chi connectivity index (χ1n) is 7.30. The number of rotatable bonds is 4. The van der Waals surface area contributed by atoms with Crippen LogP contribution in [0.1, 0.15) is 11.1 Å². The van der Waals surface area contributed by atoms with Crippen molar-refractivity contribution in [3.8, 4) is 5.75 Å². The molecule has 0 aliphatic carbocycles. The number of benzene rings is 2. The van der Waals surface area contributed by atoms with Crippen LogP contribution in [0.2, 0.25) is 0 Å². The number of imide groups is 1. The molecule has 24 heavy (non-hydrogen) atoms. The molecular formula is C18H15BrN2O3. The lowest BCUT2D eigenvalue weighted by atomic mass is 10.2. The summed E-state index contributed by atoms with van der Waals surface area (Å²) in [6.07, 6.45) is 1.65. The van der Waals surface area contributed by atoms with Crippen LogP contribution in [0, 0.1) is 0 Å². The number of methoxy groups -OCH3 is 1. The molecule has 0 unspecified atom stereocenters. The van der Waals surface area contributed by atoms with Crippen molar-refractivity contribution in [3.63, 3.8) is 0 Å². The second-order valence-electron chi connectivity index (χ2n) is 5.28. The first kappa shape index (κ1) is 16.3. The zero-order valence-corrected chi connectivity index (χ0v) is 14.5. The van der Waals surface area contributed by atoms with E-state index in [-0.39, 0.29) is 18.1 Å². The summed E-state index contributed by atoms with van der Waals surface area (Å²) in [5, 5.41) is 2.62. The molecule has 1 aliphatic heterocycles. The monoisotopic (exact) mass is 386 g/mol. The van der Waals surface area contributed by atoms with Crippen molar-refractivity contribution in [2.75, 3.05) is 7.11 Å². The Bertz CT molecular complexity index is 798. The summed E-state index contributed by atoms with van der Waals surface area (Å²) in [5.41, 5.74) is 1.96. The van der Waals surface area contributed by atoms with Crippen LogP contribution in [0.5, 0.6) is 5.75 Å². The van der Waals surface area contributed by atoms with E-state index in [1.807, 2.05) is 36.4 Å². The van der Waals surface area contributed by atoms with E-state index in [4.69, 9.17) is 4.74 Å². The lowest BCUT2D eigenvalue weighted by Crippen LogP contribution is -2.30. The summed E-state index contributed by atoms with van der Waals surface area (Å²) in [6.45, 7) is 0.234. The third-order valence-corrected chi connectivity index (χ3v) is 4.17. The molecule has 0 atom stereocenters. The quantitative estimate of drug-likeness (QED) is 0.645. The van der Waals surface area contributed by atoms with Crippen molar-refractivity contribution in [1.82, 2.24) is 10.2 Å². The fourth-order valence-electron chi connectivity index (χ4n) is 2.35. The summed E-state index contributed by atoms with van der Waals surface area (Å²) in [6, 6.07) is 14.3. The summed E-state index contributed by atoms with van der Waals surface area (Å²) in [5.74, 6) is 0.398. The predicted molar refractivity (Wildman–Crippen MR) is 94.2 cm³/mol. The van der Waals surface area contributed by atoms with Crippen molar-refractivity contribution in [1.29, 1.82) is 0 Å². The van der Waals surface area contributed by atoms with Crippen LogP contribution >= 0.6 is 15.9 Å². The fraction of sp³-hybridized carbons (Fsp3) is 0.111. The highest BCUT2D eigenvalue weighted by Crippen LogP contribution is 2.19. The number of hydrogen-bond donors (Lipinski definition) is 1. The maximum Gasteiger partial charge on any atom is 0.329 e. The summed E-state index contributed by atoms with van der Waals surface area (Å²) < 4.78 is 6.05. The van der Waals surface area contributed by atoms with Gasteiger partial charge in [-0.2, -0.15) is 0 Å². The number of ether oxygens (including phenoxy) is 1. The molecule has 1 aliphatic rings. The second kappa shape index (κ2) is 6.88. The summed E-state index contributed by atoms with van der Waals surface area (Å²) >= 11 is 3.36. The van der Waals surface area contributed by atoms with Gasteiger partial charge >= 0.3 is 6.03 Å². The van der Waals surface area contributed by atoms with Crippen LogP contribution in [0.3, 0.4) is 0 Å². The molecule has 0 radical (unpaired) electrons. The number of carbonyl (C=O) groups excluding carboxylic acids is 2. The van der Waals surface area contributed by atoms with Gasteiger partial charge in [0, 0.05) is 4.47 Å². The van der Waals surface area contributed by atoms with Crippen LogP contribution in [0.25, 0.3) is 6.08 Å². The molecule has 122 valence electrons. The third-order valence-electron chi connectivity index (χ3n) is 3.64. The molecule has 2 aromatic rings. The largest absolute Gasteiger partial charge is 0.497 e. The Labute approximate surface area is 148 Å². The average molecular weight is 387 g/mol. The lowest BCUT2D eigenvalue weighted by molar-refractivity contribution is -0.123. The van der Waals surface area contributed by atoms with Gasteiger partial charge in [0.15, 0.2) is 0 Å². The van der Waals surface area contributed by atoms with Crippen molar-refractivity contribution >= 4 is 33.9 Å². The molecule has 0 saturated carbocycles. The first-order chi connectivity index (χ1) is 11.6. The van der Waals surface area contributed by atoms with E-state index in [9.17, 15) is 9.59 Å². The maximum atomic E-state index is 12.5. The molecule has 3 amide bonds. The Hall–Kier alpha value is -2.60. The van der Waals surface area contributed by atoms with E-state index < -0.39 is 6.03 Å². The minimum Gasteiger partial charge on any atom is -0.497 e. The Balaban J connectivity index is 1.77. The van der Waals surface area contributed by atoms with Crippen molar-refractivity contribution < 1.29 is 14.3 Å². The number of halogens is 1. The first-order valence-corrected chi connectivity index (χ1v) is 8.09. The number of carbonyl (C=O) groups is 2. The molecule has 1 saturated heterocycles. The minimum atomic E-state index is -0.414. The van der Waals surface area contributed by atoms with Gasteiger partial charge < -0.3 is 10.1 Å². The Morgan fingerprint density at radius 3 is 2.38 bits per heavy atom. The van der Waals surface area contributed by atoms with E-state index in [2.05, 4.69) is 21.2 Å². The Morgan fingerprint density at radius 1 is 1.08 bits per heavy atom. The van der Waals surface area contributed by atoms with E-state index in [1.54, 1.807) is 25.3 Å². The average Bonchev–Trinajstić information content (AvgIpc) is 2.85. The molecule has 5 nitrogen and oxygen atoms in total. The SMILES string of the molecule is COc1ccc(/C=C2/NC(=O)N(Cc3ccc(Br)cc3)C2=O)cc1. The molecule has 6 heteroatoms. The van der Waals surface area contributed by atoms with E-state index >= 15 is 0 Å².